The Labute approximate surface area is 191 Å². The van der Waals surface area contributed by atoms with Gasteiger partial charge >= 0.3 is 0 Å². The van der Waals surface area contributed by atoms with Gasteiger partial charge in [-0.3, -0.25) is 4.79 Å². The van der Waals surface area contributed by atoms with E-state index in [1.54, 1.807) is 0 Å². The number of tetrazole rings is 1. The molecule has 0 fully saturated rings. The molecule has 1 atom stereocenters. The van der Waals surface area contributed by atoms with Gasteiger partial charge in [0, 0.05) is 45.5 Å². The fourth-order valence-electron chi connectivity index (χ4n) is 4.40. The van der Waals surface area contributed by atoms with Crippen LogP contribution >= 0.6 is 0 Å². The van der Waals surface area contributed by atoms with Crippen molar-refractivity contribution in [3.05, 3.63) is 77.9 Å². The van der Waals surface area contributed by atoms with E-state index in [1.165, 1.54) is 5.39 Å². The van der Waals surface area contributed by atoms with Crippen molar-refractivity contribution in [1.29, 1.82) is 0 Å². The second-order valence-electron chi connectivity index (χ2n) is 8.43. The van der Waals surface area contributed by atoms with Crippen molar-refractivity contribution >= 4 is 27.7 Å². The summed E-state index contributed by atoms with van der Waals surface area (Å²) in [6.07, 6.45) is 2.03. The summed E-state index contributed by atoms with van der Waals surface area (Å²) in [5, 5.41) is 19.8. The number of benzene rings is 3. The average Bonchev–Trinajstić information content (AvgIpc) is 3.47. The van der Waals surface area contributed by atoms with Crippen LogP contribution < -0.4 is 5.32 Å². The van der Waals surface area contributed by atoms with E-state index in [4.69, 9.17) is 0 Å². The Morgan fingerprint density at radius 3 is 2.58 bits per heavy atom. The molecule has 166 valence electrons. The predicted molar refractivity (Wildman–Crippen MR) is 130 cm³/mol. The standard InChI is InChI=1S/C26H26N6O/c1-3-6-17(2)27-26(33)19-11-9-18(10-12-19)16-32-23-8-5-4-7-21(23)22-15-20(13-14-24(22)32)25-28-30-31-29-25/h4-5,7-15,17H,3,6,16H2,1-2H3,(H,27,33)(H,28,29,30,31). The van der Waals surface area contributed by atoms with Crippen LogP contribution in [0.3, 0.4) is 0 Å². The summed E-state index contributed by atoms with van der Waals surface area (Å²) in [4.78, 5) is 12.5. The number of hydrogen-bond donors (Lipinski definition) is 2. The van der Waals surface area contributed by atoms with Crippen LogP contribution in [-0.2, 0) is 6.54 Å². The van der Waals surface area contributed by atoms with Gasteiger partial charge in [0.25, 0.3) is 5.91 Å². The van der Waals surface area contributed by atoms with Crippen LogP contribution in [0.25, 0.3) is 33.2 Å². The molecule has 1 amide bonds. The van der Waals surface area contributed by atoms with E-state index in [0.29, 0.717) is 17.9 Å². The summed E-state index contributed by atoms with van der Waals surface area (Å²) in [6, 6.07) is 22.7. The quantitative estimate of drug-likeness (QED) is 0.377. The first-order chi connectivity index (χ1) is 16.1. The number of carbonyl (C=O) groups excluding carboxylic acids is 1. The highest BCUT2D eigenvalue weighted by Crippen LogP contribution is 2.32. The molecule has 0 bridgehead atoms. The van der Waals surface area contributed by atoms with Crippen molar-refractivity contribution in [2.24, 2.45) is 0 Å². The fraction of sp³-hybridized carbons (Fsp3) is 0.231. The van der Waals surface area contributed by atoms with Crippen molar-refractivity contribution in [1.82, 2.24) is 30.5 Å². The molecule has 5 rings (SSSR count). The molecule has 7 heteroatoms. The molecule has 0 saturated heterocycles. The molecule has 3 aromatic carbocycles. The summed E-state index contributed by atoms with van der Waals surface area (Å²) in [6.45, 7) is 4.88. The molecule has 5 aromatic rings. The molecule has 0 aliphatic heterocycles. The maximum absolute atomic E-state index is 12.5. The van der Waals surface area contributed by atoms with Crippen LogP contribution in [0.2, 0.25) is 0 Å². The molecule has 2 aromatic heterocycles. The van der Waals surface area contributed by atoms with Gasteiger partial charge in [-0.05, 0) is 60.5 Å². The van der Waals surface area contributed by atoms with E-state index in [0.717, 1.165) is 40.4 Å². The van der Waals surface area contributed by atoms with Gasteiger partial charge in [0.15, 0.2) is 0 Å². The van der Waals surface area contributed by atoms with Gasteiger partial charge in [-0.2, -0.15) is 5.21 Å². The fourth-order valence-corrected chi connectivity index (χ4v) is 4.40. The highest BCUT2D eigenvalue weighted by atomic mass is 16.1. The third-order valence-electron chi connectivity index (χ3n) is 6.03. The molecule has 33 heavy (non-hydrogen) atoms. The number of nitrogens with zero attached hydrogens (tertiary/aromatic N) is 4. The Bertz CT molecular complexity index is 1400. The van der Waals surface area contributed by atoms with Gasteiger partial charge < -0.3 is 9.88 Å². The van der Waals surface area contributed by atoms with Crippen molar-refractivity contribution in [3.63, 3.8) is 0 Å². The normalized spacial score (nSPS) is 12.3. The number of fused-ring (bicyclic) bond motifs is 3. The maximum Gasteiger partial charge on any atom is 0.251 e. The van der Waals surface area contributed by atoms with Gasteiger partial charge in [0.2, 0.25) is 5.82 Å². The molecule has 2 heterocycles. The highest BCUT2D eigenvalue weighted by Gasteiger charge is 2.14. The van der Waals surface area contributed by atoms with Crippen LogP contribution in [0.1, 0.15) is 42.6 Å². The van der Waals surface area contributed by atoms with Crippen LogP contribution in [0.4, 0.5) is 0 Å². The van der Waals surface area contributed by atoms with Gasteiger partial charge in [-0.15, -0.1) is 10.2 Å². The topological polar surface area (TPSA) is 88.5 Å². The lowest BCUT2D eigenvalue weighted by Crippen LogP contribution is -2.32. The van der Waals surface area contributed by atoms with Gasteiger partial charge in [0.1, 0.15) is 0 Å². The lowest BCUT2D eigenvalue weighted by Gasteiger charge is -2.13. The lowest BCUT2D eigenvalue weighted by molar-refractivity contribution is 0.0938. The number of hydrogen-bond acceptors (Lipinski definition) is 4. The number of nitrogens with one attached hydrogen (secondary N) is 2. The minimum atomic E-state index is -0.0200. The van der Waals surface area contributed by atoms with Crippen LogP contribution in [0.15, 0.2) is 66.7 Å². The van der Waals surface area contributed by atoms with E-state index < -0.39 is 0 Å². The van der Waals surface area contributed by atoms with Crippen LogP contribution in [-0.4, -0.2) is 37.1 Å². The molecular formula is C26H26N6O. The van der Waals surface area contributed by atoms with E-state index in [-0.39, 0.29) is 11.9 Å². The third-order valence-corrected chi connectivity index (χ3v) is 6.03. The van der Waals surface area contributed by atoms with E-state index in [2.05, 4.69) is 73.8 Å². The first-order valence-electron chi connectivity index (χ1n) is 11.3. The van der Waals surface area contributed by atoms with Gasteiger partial charge in [-0.1, -0.05) is 43.7 Å². The Balaban J connectivity index is 1.47. The monoisotopic (exact) mass is 438 g/mol. The third kappa shape index (κ3) is 4.09. The van der Waals surface area contributed by atoms with Crippen molar-refractivity contribution in [2.45, 2.75) is 39.3 Å². The minimum absolute atomic E-state index is 0.0200. The largest absolute Gasteiger partial charge is 0.350 e. The summed E-state index contributed by atoms with van der Waals surface area (Å²) in [5.74, 6) is 0.559. The Kier molecular flexibility index (Phi) is 5.60. The molecule has 0 aliphatic carbocycles. The first-order valence-corrected chi connectivity index (χ1v) is 11.3. The number of carbonyl (C=O) groups is 1. The number of amides is 1. The number of rotatable bonds is 7. The Hall–Kier alpha value is -4.00. The molecular weight excluding hydrogens is 412 g/mol. The molecule has 7 nitrogen and oxygen atoms in total. The SMILES string of the molecule is CCCC(C)NC(=O)c1ccc(Cn2c3ccccc3c3cc(-c4nn[nH]n4)ccc32)cc1. The van der Waals surface area contributed by atoms with Crippen molar-refractivity contribution in [2.75, 3.05) is 0 Å². The smallest absolute Gasteiger partial charge is 0.251 e. The van der Waals surface area contributed by atoms with Crippen LogP contribution in [0.5, 0.6) is 0 Å². The predicted octanol–water partition coefficient (Wildman–Crippen LogP) is 4.94. The number of para-hydroxylation sites is 1. The number of H-pyrrole nitrogens is 1. The van der Waals surface area contributed by atoms with Gasteiger partial charge in [-0.25, -0.2) is 0 Å². The van der Waals surface area contributed by atoms with Crippen molar-refractivity contribution in [3.8, 4) is 11.4 Å². The molecule has 1 unspecified atom stereocenters. The van der Waals surface area contributed by atoms with Crippen LogP contribution in [0, 0.1) is 0 Å². The summed E-state index contributed by atoms with van der Waals surface area (Å²) >= 11 is 0. The minimum Gasteiger partial charge on any atom is -0.350 e. The summed E-state index contributed by atoms with van der Waals surface area (Å²) in [5.41, 5.74) is 5.05. The maximum atomic E-state index is 12.5. The van der Waals surface area contributed by atoms with E-state index in [1.807, 2.05) is 37.3 Å². The Morgan fingerprint density at radius 1 is 1.03 bits per heavy atom. The molecule has 0 aliphatic rings. The Morgan fingerprint density at radius 2 is 1.82 bits per heavy atom. The highest BCUT2D eigenvalue weighted by molar-refractivity contribution is 6.09. The van der Waals surface area contributed by atoms with E-state index >= 15 is 0 Å². The van der Waals surface area contributed by atoms with Gasteiger partial charge in [0.05, 0.1) is 0 Å². The molecule has 2 N–H and O–H groups in total. The zero-order valence-corrected chi connectivity index (χ0v) is 18.7. The lowest BCUT2D eigenvalue weighted by atomic mass is 10.1. The molecule has 0 spiro atoms. The summed E-state index contributed by atoms with van der Waals surface area (Å²) in [7, 11) is 0. The average molecular weight is 439 g/mol. The zero-order valence-electron chi connectivity index (χ0n) is 18.7. The van der Waals surface area contributed by atoms with Crippen molar-refractivity contribution < 1.29 is 4.79 Å². The second kappa shape index (κ2) is 8.86. The number of aromatic nitrogens is 5. The van der Waals surface area contributed by atoms with E-state index in [9.17, 15) is 4.79 Å². The summed E-state index contributed by atoms with van der Waals surface area (Å²) < 4.78 is 2.31. The molecule has 0 radical (unpaired) electrons. The number of aromatic amines is 1. The second-order valence-corrected chi connectivity index (χ2v) is 8.43. The zero-order chi connectivity index (χ0) is 22.8. The first kappa shape index (κ1) is 20.9. The molecule has 0 saturated carbocycles.